The molecule has 94 valence electrons. The number of rotatable bonds is 4. The second-order valence-electron chi connectivity index (χ2n) is 4.12. The van der Waals surface area contributed by atoms with E-state index in [0.29, 0.717) is 23.3 Å². The minimum absolute atomic E-state index is 0.478. The molecule has 18 heavy (non-hydrogen) atoms. The third kappa shape index (κ3) is 3.18. The summed E-state index contributed by atoms with van der Waals surface area (Å²) >= 11 is 12.0. The summed E-state index contributed by atoms with van der Waals surface area (Å²) < 4.78 is 5.73. The lowest BCUT2D eigenvalue weighted by atomic mass is 10.1. The van der Waals surface area contributed by atoms with Gasteiger partial charge in [0.25, 0.3) is 0 Å². The molecule has 0 radical (unpaired) electrons. The molecule has 0 spiro atoms. The van der Waals surface area contributed by atoms with Crippen molar-refractivity contribution in [2.75, 3.05) is 0 Å². The molecule has 2 aromatic carbocycles. The molecule has 1 nitrogen and oxygen atoms in total. The predicted molar refractivity (Wildman–Crippen MR) is 76.5 cm³/mol. The lowest BCUT2D eigenvalue weighted by Crippen LogP contribution is -1.99. The van der Waals surface area contributed by atoms with E-state index in [0.717, 1.165) is 16.7 Å². The first-order chi connectivity index (χ1) is 8.70. The topological polar surface area (TPSA) is 9.23 Å². The van der Waals surface area contributed by atoms with E-state index in [9.17, 15) is 0 Å². The Bertz CT molecular complexity index is 538. The Labute approximate surface area is 117 Å². The highest BCUT2D eigenvalue weighted by Gasteiger charge is 2.04. The molecule has 0 aromatic heterocycles. The van der Waals surface area contributed by atoms with Gasteiger partial charge in [0, 0.05) is 5.88 Å². The quantitative estimate of drug-likeness (QED) is 0.719. The van der Waals surface area contributed by atoms with E-state index < -0.39 is 0 Å². The molecule has 0 N–H and O–H groups in total. The van der Waals surface area contributed by atoms with Crippen LogP contribution in [0.1, 0.15) is 16.7 Å². The summed E-state index contributed by atoms with van der Waals surface area (Å²) in [7, 11) is 0. The van der Waals surface area contributed by atoms with Crippen molar-refractivity contribution < 1.29 is 4.74 Å². The maximum absolute atomic E-state index is 6.12. The average molecular weight is 281 g/mol. The zero-order valence-electron chi connectivity index (χ0n) is 10.1. The molecule has 0 aliphatic rings. The highest BCUT2D eigenvalue weighted by molar-refractivity contribution is 6.32. The molecule has 0 saturated heterocycles. The van der Waals surface area contributed by atoms with Crippen LogP contribution in [0.4, 0.5) is 0 Å². The number of ether oxygens (including phenoxy) is 1. The molecule has 0 aliphatic heterocycles. The zero-order chi connectivity index (χ0) is 13.0. The van der Waals surface area contributed by atoms with E-state index in [1.54, 1.807) is 0 Å². The van der Waals surface area contributed by atoms with Gasteiger partial charge in [0.1, 0.15) is 12.4 Å². The van der Waals surface area contributed by atoms with Crippen LogP contribution in [0.25, 0.3) is 0 Å². The second-order valence-corrected chi connectivity index (χ2v) is 4.80. The molecule has 0 saturated carbocycles. The predicted octanol–water partition coefficient (Wildman–Crippen LogP) is 4.97. The Balaban J connectivity index is 2.11. The summed E-state index contributed by atoms with van der Waals surface area (Å²) in [4.78, 5) is 0. The molecule has 3 heteroatoms. The normalized spacial score (nSPS) is 10.4. The minimum atomic E-state index is 0.478. The smallest absolute Gasteiger partial charge is 0.138 e. The fraction of sp³-hybridized carbons (Fsp3) is 0.200. The fourth-order valence-corrected chi connectivity index (χ4v) is 2.26. The van der Waals surface area contributed by atoms with Crippen LogP contribution in [0, 0.1) is 6.92 Å². The van der Waals surface area contributed by atoms with Crippen LogP contribution in [0.3, 0.4) is 0 Å². The van der Waals surface area contributed by atoms with Crippen molar-refractivity contribution in [3.8, 4) is 5.75 Å². The molecule has 0 unspecified atom stereocenters. The van der Waals surface area contributed by atoms with Crippen LogP contribution in [0.2, 0.25) is 5.02 Å². The Hall–Kier alpha value is -1.18. The number of benzene rings is 2. The maximum atomic E-state index is 6.12. The SMILES string of the molecule is Cc1ccc(OCc2ccccc2CCl)c(Cl)c1. The summed E-state index contributed by atoms with van der Waals surface area (Å²) in [6, 6.07) is 13.7. The van der Waals surface area contributed by atoms with Crippen molar-refractivity contribution in [3.63, 3.8) is 0 Å². The maximum Gasteiger partial charge on any atom is 0.138 e. The summed E-state index contributed by atoms with van der Waals surface area (Å²) in [5.74, 6) is 1.19. The molecular weight excluding hydrogens is 267 g/mol. The standard InChI is InChI=1S/C15H14Cl2O/c1-11-6-7-15(14(17)8-11)18-10-13-5-3-2-4-12(13)9-16/h2-8H,9-10H2,1H3. The van der Waals surface area contributed by atoms with Gasteiger partial charge in [-0.1, -0.05) is 41.9 Å². The van der Waals surface area contributed by atoms with E-state index in [2.05, 4.69) is 0 Å². The number of hydrogen-bond acceptors (Lipinski definition) is 1. The first-order valence-corrected chi connectivity index (χ1v) is 6.63. The first kappa shape index (κ1) is 13.3. The lowest BCUT2D eigenvalue weighted by molar-refractivity contribution is 0.305. The first-order valence-electron chi connectivity index (χ1n) is 5.72. The molecule has 2 rings (SSSR count). The van der Waals surface area contributed by atoms with Crippen molar-refractivity contribution >= 4 is 23.2 Å². The van der Waals surface area contributed by atoms with E-state index in [1.165, 1.54) is 0 Å². The molecule has 0 atom stereocenters. The molecule has 0 amide bonds. The van der Waals surface area contributed by atoms with Crippen molar-refractivity contribution in [1.82, 2.24) is 0 Å². The molecule has 0 fully saturated rings. The van der Waals surface area contributed by atoms with Gasteiger partial charge < -0.3 is 4.74 Å². The van der Waals surface area contributed by atoms with E-state index in [1.807, 2.05) is 49.4 Å². The average Bonchev–Trinajstić information content (AvgIpc) is 2.38. The van der Waals surface area contributed by atoms with Crippen molar-refractivity contribution in [3.05, 3.63) is 64.2 Å². The highest BCUT2D eigenvalue weighted by atomic mass is 35.5. The van der Waals surface area contributed by atoms with Crippen molar-refractivity contribution in [1.29, 1.82) is 0 Å². The molecule has 0 bridgehead atoms. The molecule has 0 aliphatic carbocycles. The third-order valence-corrected chi connectivity index (χ3v) is 3.32. The second kappa shape index (κ2) is 6.12. The summed E-state index contributed by atoms with van der Waals surface area (Å²) in [6.07, 6.45) is 0. The van der Waals surface area contributed by atoms with E-state index in [4.69, 9.17) is 27.9 Å². The number of aryl methyl sites for hydroxylation is 1. The highest BCUT2D eigenvalue weighted by Crippen LogP contribution is 2.26. The van der Waals surface area contributed by atoms with Gasteiger partial charge in [-0.25, -0.2) is 0 Å². The number of halogens is 2. The van der Waals surface area contributed by atoms with Gasteiger partial charge in [0.2, 0.25) is 0 Å². The summed E-state index contributed by atoms with van der Waals surface area (Å²) in [5.41, 5.74) is 3.29. The largest absolute Gasteiger partial charge is 0.487 e. The van der Waals surface area contributed by atoms with E-state index in [-0.39, 0.29) is 0 Å². The molecular formula is C15H14Cl2O. The summed E-state index contributed by atoms with van der Waals surface area (Å²) in [5, 5.41) is 0.637. The van der Waals surface area contributed by atoms with E-state index >= 15 is 0 Å². The van der Waals surface area contributed by atoms with Gasteiger partial charge in [-0.2, -0.15) is 0 Å². The minimum Gasteiger partial charge on any atom is -0.487 e. The number of hydrogen-bond donors (Lipinski definition) is 0. The van der Waals surface area contributed by atoms with Gasteiger partial charge in [0.05, 0.1) is 5.02 Å². The van der Waals surface area contributed by atoms with Crippen LogP contribution in [-0.4, -0.2) is 0 Å². The molecule has 2 aromatic rings. The van der Waals surface area contributed by atoms with Crippen LogP contribution >= 0.6 is 23.2 Å². The molecule has 0 heterocycles. The van der Waals surface area contributed by atoms with Crippen LogP contribution in [-0.2, 0) is 12.5 Å². The van der Waals surface area contributed by atoms with Gasteiger partial charge in [-0.05, 0) is 35.7 Å². The third-order valence-electron chi connectivity index (χ3n) is 2.73. The van der Waals surface area contributed by atoms with Crippen LogP contribution < -0.4 is 4.74 Å². The fourth-order valence-electron chi connectivity index (χ4n) is 1.71. The van der Waals surface area contributed by atoms with Gasteiger partial charge in [0.15, 0.2) is 0 Å². The van der Waals surface area contributed by atoms with Crippen molar-refractivity contribution in [2.24, 2.45) is 0 Å². The van der Waals surface area contributed by atoms with Gasteiger partial charge in [-0.3, -0.25) is 0 Å². The van der Waals surface area contributed by atoms with Crippen molar-refractivity contribution in [2.45, 2.75) is 19.4 Å². The Morgan fingerprint density at radius 3 is 2.44 bits per heavy atom. The lowest BCUT2D eigenvalue weighted by Gasteiger charge is -2.11. The van der Waals surface area contributed by atoms with Gasteiger partial charge >= 0.3 is 0 Å². The van der Waals surface area contributed by atoms with Gasteiger partial charge in [-0.15, -0.1) is 11.6 Å². The monoisotopic (exact) mass is 280 g/mol. The Morgan fingerprint density at radius 1 is 1.06 bits per heavy atom. The Kier molecular flexibility index (Phi) is 4.51. The van der Waals surface area contributed by atoms with Crippen LogP contribution in [0.15, 0.2) is 42.5 Å². The summed E-state index contributed by atoms with van der Waals surface area (Å²) in [6.45, 7) is 2.48. The Morgan fingerprint density at radius 2 is 1.78 bits per heavy atom. The zero-order valence-corrected chi connectivity index (χ0v) is 11.6. The van der Waals surface area contributed by atoms with Crippen LogP contribution in [0.5, 0.6) is 5.75 Å². The number of alkyl halides is 1.